The van der Waals surface area contributed by atoms with Crippen molar-refractivity contribution >= 4 is 41.0 Å². The number of likely N-dealkylation sites (tertiary alicyclic amines) is 1. The van der Waals surface area contributed by atoms with E-state index in [4.69, 9.17) is 27.9 Å². The van der Waals surface area contributed by atoms with Crippen molar-refractivity contribution in [2.45, 2.75) is 36.2 Å². The number of esters is 1. The molecule has 37 heavy (non-hydrogen) atoms. The molecule has 0 unspecified atom stereocenters. The second-order valence-corrected chi connectivity index (χ2v) is 11.5. The van der Waals surface area contributed by atoms with E-state index in [2.05, 4.69) is 0 Å². The van der Waals surface area contributed by atoms with Gasteiger partial charge in [-0.05, 0) is 33.7 Å². The van der Waals surface area contributed by atoms with E-state index in [1.54, 1.807) is 13.8 Å². The second-order valence-electron chi connectivity index (χ2n) is 10.3. The largest absolute Gasteiger partial charge is 0.459 e. The molecule has 0 spiro atoms. The van der Waals surface area contributed by atoms with Gasteiger partial charge in [0.2, 0.25) is 11.8 Å². The van der Waals surface area contributed by atoms with Crippen LogP contribution < -0.4 is 0 Å². The number of amides is 2. The summed E-state index contributed by atoms with van der Waals surface area (Å²) in [5, 5.41) is 0. The fraction of sp³-hybridized carbons (Fsp3) is 0.300. The third-order valence-electron chi connectivity index (χ3n) is 7.99. The molecular weight excluding hydrogens is 509 g/mol. The van der Waals surface area contributed by atoms with Crippen molar-refractivity contribution in [2.75, 3.05) is 0 Å². The Morgan fingerprint density at radius 1 is 0.784 bits per heavy atom. The summed E-state index contributed by atoms with van der Waals surface area (Å²) >= 11 is 15.0. The third kappa shape index (κ3) is 3.14. The molecule has 0 N–H and O–H groups in total. The van der Waals surface area contributed by atoms with E-state index in [1.165, 1.54) is 0 Å². The molecule has 1 aliphatic heterocycles. The number of ether oxygens (including phenoxy) is 1. The highest BCUT2D eigenvalue weighted by Gasteiger charge is 2.74. The van der Waals surface area contributed by atoms with Gasteiger partial charge in [0.25, 0.3) is 0 Å². The van der Waals surface area contributed by atoms with Gasteiger partial charge in [-0.25, -0.2) is 4.79 Å². The van der Waals surface area contributed by atoms with Gasteiger partial charge in [0.05, 0.1) is 11.8 Å². The number of hydrogen-bond donors (Lipinski definition) is 0. The summed E-state index contributed by atoms with van der Waals surface area (Å²) in [5.74, 6) is -3.90. The maximum atomic E-state index is 14.2. The highest BCUT2D eigenvalue weighted by Crippen LogP contribution is 2.69. The zero-order chi connectivity index (χ0) is 26.1. The molecule has 2 amide bonds. The maximum Gasteiger partial charge on any atom is 0.329 e. The molecule has 1 fully saturated rings. The summed E-state index contributed by atoms with van der Waals surface area (Å²) in [5.41, 5.74) is 3.71. The molecule has 1 saturated heterocycles. The number of nitrogens with zero attached hydrogens (tertiary/aromatic N) is 1. The van der Waals surface area contributed by atoms with Crippen molar-refractivity contribution < 1.29 is 19.1 Å². The average Bonchev–Trinajstić information content (AvgIpc) is 3.17. The van der Waals surface area contributed by atoms with Crippen LogP contribution in [0.4, 0.5) is 0 Å². The molecule has 7 heteroatoms. The Labute approximate surface area is 225 Å². The van der Waals surface area contributed by atoms with Crippen LogP contribution in [-0.2, 0) is 35.5 Å². The Hall–Kier alpha value is -3.15. The van der Waals surface area contributed by atoms with E-state index in [9.17, 15) is 14.4 Å². The quantitative estimate of drug-likeness (QED) is 0.252. The Balaban J connectivity index is 1.45. The van der Waals surface area contributed by atoms with Gasteiger partial charge in [0.15, 0.2) is 0 Å². The van der Waals surface area contributed by atoms with Crippen molar-refractivity contribution in [3.63, 3.8) is 0 Å². The number of halogens is 2. The SMILES string of the molecule is CC(C)[C@@H](C(=O)OCc1ccccc1)N1C(=O)[C@@H]2[C@H](C1=O)C1(Cl)c3ccccc3C2(Cl)c2ccccc21. The third-order valence-corrected chi connectivity index (χ3v) is 9.28. The highest BCUT2D eigenvalue weighted by atomic mass is 35.5. The highest BCUT2D eigenvalue weighted by molar-refractivity contribution is 6.36. The standard InChI is InChI=1S/C30H25Cl2NO4/c1-17(2)25(28(36)37-16-18-10-4-3-5-11-18)33-26(34)23-24(27(33)35)30(32)20-13-7-6-12-19(20)29(23,31)21-14-8-9-15-22(21)30/h3-15,17,23-25H,16H2,1-2H3/t23-,24+,25-,29?,30?/m0/s1. The molecule has 4 aliphatic rings. The Bertz CT molecular complexity index is 1310. The smallest absolute Gasteiger partial charge is 0.329 e. The summed E-state index contributed by atoms with van der Waals surface area (Å²) in [6.07, 6.45) is 0. The molecule has 3 aromatic carbocycles. The summed E-state index contributed by atoms with van der Waals surface area (Å²) in [7, 11) is 0. The first-order valence-electron chi connectivity index (χ1n) is 12.4. The van der Waals surface area contributed by atoms with E-state index in [1.807, 2.05) is 78.9 Å². The van der Waals surface area contributed by atoms with Gasteiger partial charge in [-0.1, -0.05) is 92.7 Å². The number of rotatable bonds is 5. The lowest BCUT2D eigenvalue weighted by molar-refractivity contribution is -0.162. The molecule has 7 rings (SSSR count). The van der Waals surface area contributed by atoms with Crippen LogP contribution >= 0.6 is 23.2 Å². The van der Waals surface area contributed by atoms with Crippen molar-refractivity contribution in [1.29, 1.82) is 0 Å². The van der Waals surface area contributed by atoms with E-state index >= 15 is 0 Å². The zero-order valence-electron chi connectivity index (χ0n) is 20.4. The average molecular weight is 534 g/mol. The summed E-state index contributed by atoms with van der Waals surface area (Å²) in [4.78, 5) is 40.3. The molecule has 188 valence electrons. The van der Waals surface area contributed by atoms with Gasteiger partial charge in [0, 0.05) is 0 Å². The van der Waals surface area contributed by atoms with Crippen LogP contribution in [0.1, 0.15) is 41.7 Å². The van der Waals surface area contributed by atoms with Crippen LogP contribution in [-0.4, -0.2) is 28.7 Å². The molecule has 3 aliphatic carbocycles. The first-order chi connectivity index (χ1) is 17.7. The zero-order valence-corrected chi connectivity index (χ0v) is 21.9. The van der Waals surface area contributed by atoms with Gasteiger partial charge in [0.1, 0.15) is 22.4 Å². The van der Waals surface area contributed by atoms with Crippen molar-refractivity contribution in [3.05, 3.63) is 107 Å². The lowest BCUT2D eigenvalue weighted by Crippen LogP contribution is -2.57. The van der Waals surface area contributed by atoms with Crippen LogP contribution in [0.25, 0.3) is 0 Å². The first kappa shape index (κ1) is 24.2. The minimum Gasteiger partial charge on any atom is -0.459 e. The van der Waals surface area contributed by atoms with Gasteiger partial charge < -0.3 is 4.74 Å². The predicted octanol–water partition coefficient (Wildman–Crippen LogP) is 5.35. The molecule has 3 aromatic rings. The van der Waals surface area contributed by atoms with E-state index < -0.39 is 45.4 Å². The number of hydrogen-bond acceptors (Lipinski definition) is 4. The van der Waals surface area contributed by atoms with Crippen LogP contribution in [0.15, 0.2) is 78.9 Å². The Kier molecular flexibility index (Phi) is 5.52. The number of benzene rings is 3. The van der Waals surface area contributed by atoms with Gasteiger partial charge in [-0.15, -0.1) is 23.2 Å². The second kappa shape index (κ2) is 8.44. The van der Waals surface area contributed by atoms with E-state index in [0.717, 1.165) is 32.7 Å². The van der Waals surface area contributed by atoms with Crippen molar-refractivity contribution in [1.82, 2.24) is 4.90 Å². The van der Waals surface area contributed by atoms with E-state index in [0.29, 0.717) is 0 Å². The number of imide groups is 1. The normalized spacial score (nSPS) is 28.1. The Morgan fingerprint density at radius 2 is 1.19 bits per heavy atom. The lowest BCUT2D eigenvalue weighted by Gasteiger charge is -2.54. The molecule has 0 aromatic heterocycles. The van der Waals surface area contributed by atoms with Crippen molar-refractivity contribution in [3.8, 4) is 0 Å². The first-order valence-corrected chi connectivity index (χ1v) is 13.1. The fourth-order valence-corrected chi connectivity index (χ4v) is 7.55. The minimum absolute atomic E-state index is 0.0434. The summed E-state index contributed by atoms with van der Waals surface area (Å²) < 4.78 is 5.61. The monoisotopic (exact) mass is 533 g/mol. The maximum absolute atomic E-state index is 14.2. The van der Waals surface area contributed by atoms with Crippen LogP contribution in [0.2, 0.25) is 0 Å². The Morgan fingerprint density at radius 3 is 1.59 bits per heavy atom. The molecule has 0 saturated carbocycles. The van der Waals surface area contributed by atoms with Crippen LogP contribution in [0.5, 0.6) is 0 Å². The fourth-order valence-electron chi connectivity index (χ4n) is 6.45. The van der Waals surface area contributed by atoms with Crippen LogP contribution in [0, 0.1) is 17.8 Å². The lowest BCUT2D eigenvalue weighted by atomic mass is 9.54. The molecule has 1 heterocycles. The molecule has 3 atom stereocenters. The topological polar surface area (TPSA) is 63.7 Å². The molecule has 5 nitrogen and oxygen atoms in total. The summed E-state index contributed by atoms with van der Waals surface area (Å²) in [6, 6.07) is 23.1. The molecular formula is C30H25Cl2NO4. The summed E-state index contributed by atoms with van der Waals surface area (Å²) in [6.45, 7) is 3.63. The number of carbonyl (C=O) groups is 3. The van der Waals surface area contributed by atoms with E-state index in [-0.39, 0.29) is 12.5 Å². The van der Waals surface area contributed by atoms with Gasteiger partial charge >= 0.3 is 5.97 Å². The number of carbonyl (C=O) groups excluding carboxylic acids is 3. The molecule has 0 radical (unpaired) electrons. The van der Waals surface area contributed by atoms with Crippen LogP contribution in [0.3, 0.4) is 0 Å². The predicted molar refractivity (Wildman–Crippen MR) is 140 cm³/mol. The number of alkyl halides is 2. The van der Waals surface area contributed by atoms with Gasteiger partial charge in [-0.2, -0.15) is 0 Å². The van der Waals surface area contributed by atoms with Gasteiger partial charge in [-0.3, -0.25) is 14.5 Å². The molecule has 2 bridgehead atoms. The van der Waals surface area contributed by atoms with Crippen molar-refractivity contribution in [2.24, 2.45) is 17.8 Å². The minimum atomic E-state index is -1.29.